The molecule has 4 rings (SSSR count). The van der Waals surface area contributed by atoms with Gasteiger partial charge in [-0.15, -0.1) is 0 Å². The molecule has 0 spiro atoms. The summed E-state index contributed by atoms with van der Waals surface area (Å²) in [4.78, 5) is 4.34. The van der Waals surface area contributed by atoms with Crippen LogP contribution in [0.25, 0.3) is 22.0 Å². The molecule has 0 bridgehead atoms. The Hall–Kier alpha value is -2.15. The van der Waals surface area contributed by atoms with Crippen molar-refractivity contribution in [3.63, 3.8) is 0 Å². The zero-order chi connectivity index (χ0) is 18.3. The number of fused-ring (bicyclic) bond motifs is 1. The molecule has 0 radical (unpaired) electrons. The van der Waals surface area contributed by atoms with Crippen LogP contribution in [-0.2, 0) is 10.0 Å². The van der Waals surface area contributed by atoms with Gasteiger partial charge >= 0.3 is 0 Å². The lowest BCUT2D eigenvalue weighted by Crippen LogP contribution is -2.11. The van der Waals surface area contributed by atoms with E-state index in [2.05, 4.69) is 20.9 Å². The number of aromatic nitrogens is 2. The van der Waals surface area contributed by atoms with Crippen molar-refractivity contribution in [2.45, 2.75) is 4.90 Å². The number of hydrogen-bond donors (Lipinski definition) is 0. The lowest BCUT2D eigenvalue weighted by molar-refractivity contribution is 0.589. The van der Waals surface area contributed by atoms with E-state index in [4.69, 9.17) is 11.6 Å². The number of nitrogens with zero attached hydrogens (tertiary/aromatic N) is 2. The van der Waals surface area contributed by atoms with Gasteiger partial charge in [0.25, 0.3) is 10.0 Å². The Bertz CT molecular complexity index is 1220. The summed E-state index contributed by atoms with van der Waals surface area (Å²) in [5, 5.41) is 1.25. The van der Waals surface area contributed by atoms with E-state index in [0.717, 1.165) is 10.9 Å². The van der Waals surface area contributed by atoms with E-state index in [9.17, 15) is 8.42 Å². The first-order chi connectivity index (χ1) is 12.5. The number of para-hydroxylation sites is 1. The van der Waals surface area contributed by atoms with Crippen LogP contribution in [0.15, 0.2) is 82.6 Å². The second kappa shape index (κ2) is 6.54. The largest absolute Gasteiger partial charge is 0.268 e. The molecule has 0 aliphatic rings. The second-order valence-corrected chi connectivity index (χ2v) is 8.70. The number of rotatable bonds is 3. The summed E-state index contributed by atoms with van der Waals surface area (Å²) in [5.41, 5.74) is 2.04. The highest BCUT2D eigenvalue weighted by molar-refractivity contribution is 9.10. The molecular formula is C19H12BrClN2O2S. The van der Waals surface area contributed by atoms with Crippen molar-refractivity contribution in [1.29, 1.82) is 0 Å². The van der Waals surface area contributed by atoms with Gasteiger partial charge in [-0.25, -0.2) is 17.4 Å². The van der Waals surface area contributed by atoms with Gasteiger partial charge in [-0.2, -0.15) is 0 Å². The van der Waals surface area contributed by atoms with E-state index in [1.165, 1.54) is 3.97 Å². The maximum atomic E-state index is 13.2. The fourth-order valence-corrected chi connectivity index (χ4v) is 4.82. The molecule has 0 aliphatic carbocycles. The summed E-state index contributed by atoms with van der Waals surface area (Å²) in [5.74, 6) is 0. The first-order valence-corrected chi connectivity index (χ1v) is 10.3. The lowest BCUT2D eigenvalue weighted by Gasteiger charge is -2.07. The van der Waals surface area contributed by atoms with Crippen molar-refractivity contribution in [2.75, 3.05) is 0 Å². The molecule has 0 unspecified atom stereocenters. The second-order valence-electron chi connectivity index (χ2n) is 5.66. The van der Waals surface area contributed by atoms with Crippen molar-refractivity contribution in [3.05, 3.63) is 82.7 Å². The number of pyridine rings is 1. The normalized spacial score (nSPS) is 11.8. The molecule has 2 aromatic carbocycles. The lowest BCUT2D eigenvalue weighted by atomic mass is 10.1. The number of hydrogen-bond acceptors (Lipinski definition) is 3. The molecule has 2 aromatic heterocycles. The predicted octanol–water partition coefficient (Wildman–Crippen LogP) is 5.36. The highest BCUT2D eigenvalue weighted by Crippen LogP contribution is 2.37. The van der Waals surface area contributed by atoms with Crippen molar-refractivity contribution in [3.8, 4) is 11.1 Å². The fraction of sp³-hybridized carbons (Fsp3) is 0. The molecule has 0 aliphatic heterocycles. The number of halogens is 2. The molecule has 0 N–H and O–H groups in total. The first-order valence-electron chi connectivity index (χ1n) is 7.70. The van der Waals surface area contributed by atoms with E-state index < -0.39 is 10.0 Å². The molecule has 4 nitrogen and oxygen atoms in total. The van der Waals surface area contributed by atoms with Gasteiger partial charge in [0, 0.05) is 28.9 Å². The van der Waals surface area contributed by atoms with E-state index in [1.54, 1.807) is 54.9 Å². The van der Waals surface area contributed by atoms with Crippen LogP contribution in [-0.4, -0.2) is 17.4 Å². The molecule has 2 heterocycles. The van der Waals surface area contributed by atoms with Crippen LogP contribution < -0.4 is 0 Å². The molecule has 130 valence electrons. The van der Waals surface area contributed by atoms with Crippen LogP contribution in [0, 0.1) is 0 Å². The third kappa shape index (κ3) is 2.84. The van der Waals surface area contributed by atoms with Gasteiger partial charge in [-0.1, -0.05) is 48.0 Å². The average Bonchev–Trinajstić information content (AvgIpc) is 3.05. The van der Waals surface area contributed by atoms with Crippen LogP contribution in [0.5, 0.6) is 0 Å². The SMILES string of the molecule is O=S(=O)(c1ccccc1)n1cc(-c2cc(Br)ncc2Cl)c2ccccc21. The summed E-state index contributed by atoms with van der Waals surface area (Å²) < 4.78 is 28.2. The van der Waals surface area contributed by atoms with E-state index in [1.807, 2.05) is 18.2 Å². The summed E-state index contributed by atoms with van der Waals surface area (Å²) in [6.45, 7) is 0. The standard InChI is InChI=1S/C19H12BrClN2O2S/c20-19-10-15(17(21)11-22-19)16-12-23(18-9-5-4-8-14(16)18)26(24,25)13-6-2-1-3-7-13/h1-12H. The van der Waals surface area contributed by atoms with Crippen LogP contribution in [0.4, 0.5) is 0 Å². The third-order valence-corrected chi connectivity index (χ3v) is 6.51. The van der Waals surface area contributed by atoms with E-state index in [-0.39, 0.29) is 4.90 Å². The number of benzene rings is 2. The molecule has 0 fully saturated rings. The maximum Gasteiger partial charge on any atom is 0.268 e. The van der Waals surface area contributed by atoms with Gasteiger partial charge in [0.15, 0.2) is 0 Å². The smallest absolute Gasteiger partial charge is 0.248 e. The summed E-state index contributed by atoms with van der Waals surface area (Å²) >= 11 is 9.68. The predicted molar refractivity (Wildman–Crippen MR) is 107 cm³/mol. The summed E-state index contributed by atoms with van der Waals surface area (Å²) in [7, 11) is -3.73. The minimum absolute atomic E-state index is 0.231. The van der Waals surface area contributed by atoms with Crippen molar-refractivity contribution in [1.82, 2.24) is 8.96 Å². The van der Waals surface area contributed by atoms with Crippen LogP contribution >= 0.6 is 27.5 Å². The van der Waals surface area contributed by atoms with Crippen LogP contribution in [0.1, 0.15) is 0 Å². The Labute approximate surface area is 164 Å². The quantitative estimate of drug-likeness (QED) is 0.397. The Balaban J connectivity index is 2.04. The molecule has 0 amide bonds. The summed E-state index contributed by atoms with van der Waals surface area (Å²) in [6, 6.07) is 17.5. The van der Waals surface area contributed by atoms with E-state index in [0.29, 0.717) is 20.7 Å². The van der Waals surface area contributed by atoms with Gasteiger partial charge in [0.05, 0.1) is 15.4 Å². The molecule has 4 aromatic rings. The van der Waals surface area contributed by atoms with Crippen LogP contribution in [0.2, 0.25) is 5.02 Å². The van der Waals surface area contributed by atoms with Crippen molar-refractivity contribution < 1.29 is 8.42 Å². The first kappa shape index (κ1) is 17.3. The van der Waals surface area contributed by atoms with Gasteiger partial charge in [-0.3, -0.25) is 0 Å². The monoisotopic (exact) mass is 446 g/mol. The molecular weight excluding hydrogens is 436 g/mol. The maximum absolute atomic E-state index is 13.2. The molecule has 7 heteroatoms. The Morgan fingerprint density at radius 2 is 1.65 bits per heavy atom. The Morgan fingerprint density at radius 3 is 2.42 bits per heavy atom. The minimum atomic E-state index is -3.73. The molecule has 26 heavy (non-hydrogen) atoms. The van der Waals surface area contributed by atoms with Gasteiger partial charge in [-0.05, 0) is 40.2 Å². The van der Waals surface area contributed by atoms with Crippen LogP contribution in [0.3, 0.4) is 0 Å². The third-order valence-electron chi connectivity index (χ3n) is 4.09. The molecule has 0 saturated heterocycles. The van der Waals surface area contributed by atoms with Gasteiger partial charge < -0.3 is 0 Å². The molecule has 0 atom stereocenters. The Morgan fingerprint density at radius 1 is 0.962 bits per heavy atom. The fourth-order valence-electron chi connectivity index (χ4n) is 2.89. The Kier molecular flexibility index (Phi) is 4.34. The minimum Gasteiger partial charge on any atom is -0.248 e. The van der Waals surface area contributed by atoms with Crippen molar-refractivity contribution >= 4 is 48.5 Å². The zero-order valence-corrected chi connectivity index (χ0v) is 16.5. The van der Waals surface area contributed by atoms with Crippen molar-refractivity contribution in [2.24, 2.45) is 0 Å². The zero-order valence-electron chi connectivity index (χ0n) is 13.3. The highest BCUT2D eigenvalue weighted by Gasteiger charge is 2.22. The topological polar surface area (TPSA) is 52.0 Å². The molecule has 0 saturated carbocycles. The van der Waals surface area contributed by atoms with E-state index >= 15 is 0 Å². The van der Waals surface area contributed by atoms with Gasteiger partial charge in [0.2, 0.25) is 0 Å². The van der Waals surface area contributed by atoms with Gasteiger partial charge in [0.1, 0.15) is 4.60 Å². The highest BCUT2D eigenvalue weighted by atomic mass is 79.9. The summed E-state index contributed by atoms with van der Waals surface area (Å²) in [6.07, 6.45) is 3.15. The average molecular weight is 448 g/mol.